The van der Waals surface area contributed by atoms with E-state index >= 15 is 0 Å². The molecule has 37 heavy (non-hydrogen) atoms. The van der Waals surface area contributed by atoms with Crippen LogP contribution in [0.4, 0.5) is 5.95 Å². The molecule has 0 radical (unpaired) electrons. The molecule has 0 aliphatic carbocycles. The lowest BCUT2D eigenvalue weighted by Gasteiger charge is -2.59. The van der Waals surface area contributed by atoms with Crippen molar-refractivity contribution in [2.75, 3.05) is 37.3 Å². The molecule has 2 fully saturated rings. The molecule has 192 valence electrons. The summed E-state index contributed by atoms with van der Waals surface area (Å²) >= 11 is 12.6. The number of benzene rings is 1. The van der Waals surface area contributed by atoms with E-state index in [9.17, 15) is 8.42 Å². The van der Waals surface area contributed by atoms with Gasteiger partial charge in [0.2, 0.25) is 16.0 Å². The van der Waals surface area contributed by atoms with Crippen molar-refractivity contribution in [3.63, 3.8) is 0 Å². The van der Waals surface area contributed by atoms with E-state index in [1.54, 1.807) is 24.8 Å². The predicted octanol–water partition coefficient (Wildman–Crippen LogP) is 3.94. The lowest BCUT2D eigenvalue weighted by Crippen LogP contribution is -2.73. The van der Waals surface area contributed by atoms with E-state index < -0.39 is 16.1 Å². The molecular formula is C24H23Cl2N7O3S. The molecule has 1 N–H and O–H groups in total. The summed E-state index contributed by atoms with van der Waals surface area (Å²) in [4.78, 5) is 15.2. The van der Waals surface area contributed by atoms with Crippen LogP contribution < -0.4 is 9.64 Å². The molecule has 2 aliphatic heterocycles. The second-order valence-electron chi connectivity index (χ2n) is 9.72. The van der Waals surface area contributed by atoms with Gasteiger partial charge in [0.15, 0.2) is 0 Å². The van der Waals surface area contributed by atoms with Gasteiger partial charge in [-0.25, -0.2) is 22.7 Å². The third kappa shape index (κ3) is 4.39. The SMILES string of the molecule is CC(Oc1ccc2[nH]nc(-c3cnc(N4CC5(C4)CN(S(C)(=O)=O)C5)nc3)c2c1)c1c(Cl)cncc1Cl. The number of nitrogens with zero attached hydrogens (tertiary/aromatic N) is 6. The van der Waals surface area contributed by atoms with Crippen LogP contribution >= 0.6 is 23.2 Å². The smallest absolute Gasteiger partial charge is 0.225 e. The molecule has 0 saturated carbocycles. The third-order valence-electron chi connectivity index (χ3n) is 6.88. The molecule has 4 aromatic rings. The van der Waals surface area contributed by atoms with Crippen molar-refractivity contribution in [1.82, 2.24) is 29.5 Å². The highest BCUT2D eigenvalue weighted by molar-refractivity contribution is 7.88. The fourth-order valence-corrected chi connectivity index (χ4v) is 6.70. The minimum atomic E-state index is -3.12. The van der Waals surface area contributed by atoms with Gasteiger partial charge in [-0.15, -0.1) is 0 Å². The average molecular weight is 560 g/mol. The van der Waals surface area contributed by atoms with Crippen LogP contribution in [0.1, 0.15) is 18.6 Å². The van der Waals surface area contributed by atoms with Gasteiger partial charge in [-0.05, 0) is 25.1 Å². The monoisotopic (exact) mass is 559 g/mol. The van der Waals surface area contributed by atoms with Crippen molar-refractivity contribution in [2.45, 2.75) is 13.0 Å². The molecule has 5 heterocycles. The Bertz CT molecular complexity index is 1580. The minimum absolute atomic E-state index is 0.0156. The largest absolute Gasteiger partial charge is 0.486 e. The Morgan fingerprint density at radius 2 is 1.73 bits per heavy atom. The number of aromatic amines is 1. The van der Waals surface area contributed by atoms with Crippen molar-refractivity contribution in [1.29, 1.82) is 0 Å². The van der Waals surface area contributed by atoms with Gasteiger partial charge in [-0.1, -0.05) is 23.2 Å². The summed E-state index contributed by atoms with van der Waals surface area (Å²) in [5.74, 6) is 1.26. The summed E-state index contributed by atoms with van der Waals surface area (Å²) in [7, 11) is -3.12. The Morgan fingerprint density at radius 1 is 1.05 bits per heavy atom. The second-order valence-corrected chi connectivity index (χ2v) is 12.5. The maximum Gasteiger partial charge on any atom is 0.225 e. The maximum atomic E-state index is 11.7. The first-order chi connectivity index (χ1) is 17.6. The molecule has 0 bridgehead atoms. The maximum absolute atomic E-state index is 11.7. The Balaban J connectivity index is 1.18. The second kappa shape index (κ2) is 8.80. The van der Waals surface area contributed by atoms with Crippen LogP contribution in [0.3, 0.4) is 0 Å². The van der Waals surface area contributed by atoms with Gasteiger partial charge in [0.1, 0.15) is 17.5 Å². The Labute approximate surface area is 223 Å². The van der Waals surface area contributed by atoms with Crippen molar-refractivity contribution in [3.05, 3.63) is 58.6 Å². The number of hydrogen-bond acceptors (Lipinski definition) is 8. The molecule has 2 saturated heterocycles. The topological polar surface area (TPSA) is 117 Å². The summed E-state index contributed by atoms with van der Waals surface area (Å²) in [5.41, 5.74) is 3.02. The summed E-state index contributed by atoms with van der Waals surface area (Å²) in [6.45, 7) is 4.48. The van der Waals surface area contributed by atoms with E-state index in [4.69, 9.17) is 27.9 Å². The number of ether oxygens (including phenoxy) is 1. The molecule has 10 nitrogen and oxygen atoms in total. The van der Waals surface area contributed by atoms with E-state index in [-0.39, 0.29) is 5.41 Å². The molecule has 0 amide bonds. The van der Waals surface area contributed by atoms with Gasteiger partial charge >= 0.3 is 0 Å². The number of H-pyrrole nitrogens is 1. The number of halogens is 2. The molecule has 13 heteroatoms. The number of rotatable bonds is 6. The fraction of sp³-hybridized carbons (Fsp3) is 0.333. The number of nitrogens with one attached hydrogen (secondary N) is 1. The van der Waals surface area contributed by atoms with Gasteiger partial charge in [-0.2, -0.15) is 5.10 Å². The lowest BCUT2D eigenvalue weighted by molar-refractivity contribution is 0.0389. The third-order valence-corrected chi connectivity index (χ3v) is 8.68. The van der Waals surface area contributed by atoms with Gasteiger partial charge < -0.3 is 9.64 Å². The normalized spacial score (nSPS) is 18.0. The highest BCUT2D eigenvalue weighted by Crippen LogP contribution is 2.42. The summed E-state index contributed by atoms with van der Waals surface area (Å²) in [6.07, 6.45) is 7.44. The van der Waals surface area contributed by atoms with Crippen molar-refractivity contribution in [2.24, 2.45) is 5.41 Å². The Hall–Kier alpha value is -2.99. The molecule has 1 unspecified atom stereocenters. The summed E-state index contributed by atoms with van der Waals surface area (Å²) < 4.78 is 31.0. The van der Waals surface area contributed by atoms with E-state index in [0.29, 0.717) is 46.1 Å². The minimum Gasteiger partial charge on any atom is -0.486 e. The van der Waals surface area contributed by atoms with Crippen molar-refractivity contribution in [3.8, 4) is 17.0 Å². The van der Waals surface area contributed by atoms with Crippen LogP contribution in [-0.4, -0.2) is 70.3 Å². The van der Waals surface area contributed by atoms with Crippen LogP contribution in [0.5, 0.6) is 5.75 Å². The first-order valence-electron chi connectivity index (χ1n) is 11.6. The summed E-state index contributed by atoms with van der Waals surface area (Å²) in [5, 5.41) is 9.27. The van der Waals surface area contributed by atoms with Gasteiger partial charge in [-0.3, -0.25) is 10.1 Å². The molecule has 6 rings (SSSR count). The molecule has 1 atom stereocenters. The highest BCUT2D eigenvalue weighted by Gasteiger charge is 2.54. The van der Waals surface area contributed by atoms with Crippen molar-refractivity contribution < 1.29 is 13.2 Å². The lowest BCUT2D eigenvalue weighted by atomic mass is 9.74. The van der Waals surface area contributed by atoms with E-state index in [0.717, 1.165) is 29.6 Å². The molecular weight excluding hydrogens is 537 g/mol. The molecule has 1 aromatic carbocycles. The number of aromatic nitrogens is 5. The molecule has 3 aromatic heterocycles. The summed E-state index contributed by atoms with van der Waals surface area (Å²) in [6, 6.07) is 5.66. The zero-order valence-corrected chi connectivity index (χ0v) is 22.3. The first-order valence-corrected chi connectivity index (χ1v) is 14.2. The van der Waals surface area contributed by atoms with Crippen LogP contribution in [0.15, 0.2) is 43.0 Å². The standard InChI is InChI=1S/C24H23Cl2N7O3S/c1-14(21-18(25)8-27-9-19(21)26)36-16-3-4-20-17(5-16)22(31-30-20)15-6-28-23(29-7-15)32-10-24(11-32)12-33(13-24)37(2,34)35/h3-9,14H,10-13H2,1-2H3,(H,30,31). The Morgan fingerprint density at radius 3 is 2.38 bits per heavy atom. The first kappa shape index (κ1) is 24.4. The van der Waals surface area contributed by atoms with Gasteiger partial charge in [0, 0.05) is 72.9 Å². The highest BCUT2D eigenvalue weighted by atomic mass is 35.5. The van der Waals surface area contributed by atoms with E-state index in [2.05, 4.69) is 30.0 Å². The quantitative estimate of drug-likeness (QED) is 0.377. The zero-order chi connectivity index (χ0) is 25.9. The van der Waals surface area contributed by atoms with Crippen LogP contribution in [0.25, 0.3) is 22.2 Å². The van der Waals surface area contributed by atoms with Gasteiger partial charge in [0.05, 0.1) is 21.8 Å². The number of fused-ring (bicyclic) bond motifs is 1. The van der Waals surface area contributed by atoms with E-state index in [1.165, 1.54) is 10.6 Å². The number of pyridine rings is 1. The number of anilines is 1. The van der Waals surface area contributed by atoms with Crippen LogP contribution in [0, 0.1) is 5.41 Å². The zero-order valence-electron chi connectivity index (χ0n) is 20.0. The van der Waals surface area contributed by atoms with Crippen LogP contribution in [0.2, 0.25) is 10.0 Å². The van der Waals surface area contributed by atoms with Crippen LogP contribution in [-0.2, 0) is 10.0 Å². The predicted molar refractivity (Wildman–Crippen MR) is 141 cm³/mol. The molecule has 2 aliphatic rings. The fourth-order valence-electron chi connectivity index (χ4n) is 5.01. The molecule has 1 spiro atoms. The van der Waals surface area contributed by atoms with Crippen molar-refractivity contribution >= 4 is 50.1 Å². The van der Waals surface area contributed by atoms with E-state index in [1.807, 2.05) is 25.1 Å². The Kier molecular flexibility index (Phi) is 5.79. The number of sulfonamides is 1. The number of hydrogen-bond donors (Lipinski definition) is 1. The van der Waals surface area contributed by atoms with Gasteiger partial charge in [0.25, 0.3) is 0 Å². The average Bonchev–Trinajstić information content (AvgIpc) is 3.20.